The minimum Gasteiger partial charge on any atom is -0.481 e. The van der Waals surface area contributed by atoms with Crippen molar-refractivity contribution in [1.82, 2.24) is 0 Å². The van der Waals surface area contributed by atoms with Gasteiger partial charge in [-0.15, -0.1) is 0 Å². The van der Waals surface area contributed by atoms with Gasteiger partial charge in [-0.05, 0) is 31.4 Å². The van der Waals surface area contributed by atoms with Crippen molar-refractivity contribution in [3.63, 3.8) is 0 Å². The quantitative estimate of drug-likeness (QED) is 0.346. The van der Waals surface area contributed by atoms with Crippen LogP contribution < -0.4 is 0 Å². The van der Waals surface area contributed by atoms with Gasteiger partial charge in [-0.25, -0.2) is 0 Å². The van der Waals surface area contributed by atoms with Gasteiger partial charge in [0, 0.05) is 12.8 Å². The van der Waals surface area contributed by atoms with Crippen LogP contribution in [0.25, 0.3) is 0 Å². The lowest BCUT2D eigenvalue weighted by Gasteiger charge is -2.02. The molecule has 1 atom stereocenters. The summed E-state index contributed by atoms with van der Waals surface area (Å²) in [5.74, 6) is 5.42. The minimum atomic E-state index is -0.689. The number of aliphatic carboxylic acids is 1. The van der Waals surface area contributed by atoms with Gasteiger partial charge in [-0.2, -0.15) is 0 Å². The van der Waals surface area contributed by atoms with E-state index < -0.39 is 5.97 Å². The molecule has 1 unspecified atom stereocenters. The van der Waals surface area contributed by atoms with E-state index in [1.165, 1.54) is 32.1 Å². The van der Waals surface area contributed by atoms with Crippen molar-refractivity contribution in [2.45, 2.75) is 96.5 Å². The standard InChI is InChI=1S/C20H34O3/c1-2-3-13-16-19(21)17-14-11-9-7-5-4-6-8-10-12-15-18-20(22)23/h14,17,19,21H,2-8,10,12-13,15-16,18H2,1H3,(H,22,23)/b17-14+. The molecule has 0 aliphatic rings. The Morgan fingerprint density at radius 2 is 1.65 bits per heavy atom. The van der Waals surface area contributed by atoms with Gasteiger partial charge in [0.05, 0.1) is 6.10 Å². The number of allylic oxidation sites excluding steroid dienone is 1. The van der Waals surface area contributed by atoms with Gasteiger partial charge >= 0.3 is 5.97 Å². The molecule has 23 heavy (non-hydrogen) atoms. The summed E-state index contributed by atoms with van der Waals surface area (Å²) in [6.07, 6.45) is 16.4. The Labute approximate surface area is 142 Å². The highest BCUT2D eigenvalue weighted by molar-refractivity contribution is 5.66. The maximum Gasteiger partial charge on any atom is 0.303 e. The Morgan fingerprint density at radius 1 is 1.00 bits per heavy atom. The van der Waals surface area contributed by atoms with Crippen LogP contribution in [0.4, 0.5) is 0 Å². The molecule has 0 spiro atoms. The first-order valence-electron chi connectivity index (χ1n) is 9.21. The van der Waals surface area contributed by atoms with Crippen LogP contribution in [0.2, 0.25) is 0 Å². The molecule has 0 fully saturated rings. The number of carboxylic acid groups (broad SMARTS) is 1. The average molecular weight is 322 g/mol. The predicted molar refractivity (Wildman–Crippen MR) is 96.3 cm³/mol. The number of aliphatic hydroxyl groups excluding tert-OH is 1. The van der Waals surface area contributed by atoms with Gasteiger partial charge in [0.1, 0.15) is 0 Å². The average Bonchev–Trinajstić information content (AvgIpc) is 2.51. The third-order valence-electron chi connectivity index (χ3n) is 3.80. The van der Waals surface area contributed by atoms with Gasteiger partial charge in [-0.3, -0.25) is 4.79 Å². The lowest BCUT2D eigenvalue weighted by molar-refractivity contribution is -0.137. The number of rotatable bonds is 14. The molecular weight excluding hydrogens is 288 g/mol. The van der Waals surface area contributed by atoms with Crippen molar-refractivity contribution in [1.29, 1.82) is 0 Å². The summed E-state index contributed by atoms with van der Waals surface area (Å²) in [5, 5.41) is 18.2. The molecule has 0 bridgehead atoms. The summed E-state index contributed by atoms with van der Waals surface area (Å²) in [6.45, 7) is 2.16. The van der Waals surface area contributed by atoms with Crippen LogP contribution in [0.3, 0.4) is 0 Å². The Balaban J connectivity index is 3.36. The molecule has 0 aromatic rings. The molecule has 3 nitrogen and oxygen atoms in total. The Hall–Kier alpha value is -1.27. The van der Waals surface area contributed by atoms with Crippen LogP contribution in [0.15, 0.2) is 12.2 Å². The zero-order chi connectivity index (χ0) is 17.2. The largest absolute Gasteiger partial charge is 0.481 e. The summed E-state index contributed by atoms with van der Waals surface area (Å²) >= 11 is 0. The number of carboxylic acids is 1. The predicted octanol–water partition coefficient (Wildman–Crippen LogP) is 5.08. The molecule has 3 heteroatoms. The lowest BCUT2D eigenvalue weighted by Crippen LogP contribution is -2.00. The zero-order valence-corrected chi connectivity index (χ0v) is 14.7. The first-order chi connectivity index (χ1) is 11.2. The molecule has 0 aliphatic carbocycles. The summed E-state index contributed by atoms with van der Waals surface area (Å²) < 4.78 is 0. The smallest absolute Gasteiger partial charge is 0.303 e. The first-order valence-corrected chi connectivity index (χ1v) is 9.21. The van der Waals surface area contributed by atoms with Crippen molar-refractivity contribution in [2.75, 3.05) is 0 Å². The summed E-state index contributed by atoms with van der Waals surface area (Å²) in [6, 6.07) is 0. The topological polar surface area (TPSA) is 57.5 Å². The fraction of sp³-hybridized carbons (Fsp3) is 0.750. The van der Waals surface area contributed by atoms with Gasteiger partial charge in [0.25, 0.3) is 0 Å². The molecule has 0 rings (SSSR count). The molecule has 132 valence electrons. The van der Waals surface area contributed by atoms with E-state index in [2.05, 4.69) is 18.8 Å². The lowest BCUT2D eigenvalue weighted by atomic mass is 10.1. The fourth-order valence-corrected chi connectivity index (χ4v) is 2.36. The first kappa shape index (κ1) is 21.7. The van der Waals surface area contributed by atoms with Crippen LogP contribution in [-0.2, 0) is 4.79 Å². The molecule has 0 saturated heterocycles. The minimum absolute atomic E-state index is 0.302. The van der Waals surface area contributed by atoms with Gasteiger partial charge in [0.15, 0.2) is 0 Å². The molecule has 0 aliphatic heterocycles. The van der Waals surface area contributed by atoms with Crippen LogP contribution in [-0.4, -0.2) is 22.3 Å². The van der Waals surface area contributed by atoms with Crippen molar-refractivity contribution in [2.24, 2.45) is 0 Å². The van der Waals surface area contributed by atoms with Crippen molar-refractivity contribution < 1.29 is 15.0 Å². The van der Waals surface area contributed by atoms with E-state index in [9.17, 15) is 9.90 Å². The highest BCUT2D eigenvalue weighted by Gasteiger charge is 1.97. The summed E-state index contributed by atoms with van der Waals surface area (Å²) in [5.41, 5.74) is 0. The second-order valence-corrected chi connectivity index (χ2v) is 6.11. The number of aliphatic hydroxyl groups is 1. The van der Waals surface area contributed by atoms with Gasteiger partial charge < -0.3 is 10.2 Å². The van der Waals surface area contributed by atoms with Crippen molar-refractivity contribution in [3.05, 3.63) is 12.2 Å². The zero-order valence-electron chi connectivity index (χ0n) is 14.7. The third kappa shape index (κ3) is 18.7. The van der Waals surface area contributed by atoms with Crippen LogP contribution >= 0.6 is 0 Å². The molecule has 0 aromatic carbocycles. The number of carbonyl (C=O) groups is 1. The molecule has 0 saturated carbocycles. The van der Waals surface area contributed by atoms with Crippen LogP contribution in [0.1, 0.15) is 90.4 Å². The third-order valence-corrected chi connectivity index (χ3v) is 3.80. The highest BCUT2D eigenvalue weighted by atomic mass is 16.4. The maximum atomic E-state index is 10.3. The van der Waals surface area contributed by atoms with Crippen LogP contribution in [0.5, 0.6) is 0 Å². The van der Waals surface area contributed by atoms with Gasteiger partial charge in [0.2, 0.25) is 0 Å². The molecule has 0 amide bonds. The summed E-state index contributed by atoms with van der Waals surface area (Å²) in [7, 11) is 0. The van der Waals surface area contributed by atoms with E-state index >= 15 is 0 Å². The Bertz CT molecular complexity index is 363. The monoisotopic (exact) mass is 322 g/mol. The van der Waals surface area contributed by atoms with E-state index in [0.29, 0.717) is 6.42 Å². The van der Waals surface area contributed by atoms with Gasteiger partial charge in [-0.1, -0.05) is 70.1 Å². The number of hydrogen-bond donors (Lipinski definition) is 2. The SMILES string of the molecule is CCCCCC(O)/C=C/C#CCCCCCCCCCC(=O)O. The van der Waals surface area contributed by atoms with E-state index in [0.717, 1.165) is 44.9 Å². The molecule has 0 radical (unpaired) electrons. The van der Waals surface area contributed by atoms with E-state index in [-0.39, 0.29) is 6.10 Å². The van der Waals surface area contributed by atoms with Crippen LogP contribution in [0, 0.1) is 11.8 Å². The summed E-state index contributed by atoms with van der Waals surface area (Å²) in [4.78, 5) is 10.3. The Kier molecular flexibility index (Phi) is 16.1. The number of unbranched alkanes of at least 4 members (excludes halogenated alkanes) is 9. The maximum absolute atomic E-state index is 10.3. The van der Waals surface area contributed by atoms with E-state index in [1.54, 1.807) is 12.2 Å². The molecule has 2 N–H and O–H groups in total. The molecule has 0 aromatic heterocycles. The van der Waals surface area contributed by atoms with E-state index in [4.69, 9.17) is 5.11 Å². The second-order valence-electron chi connectivity index (χ2n) is 6.11. The fourth-order valence-electron chi connectivity index (χ4n) is 2.36. The van der Waals surface area contributed by atoms with Crippen molar-refractivity contribution in [3.8, 4) is 11.8 Å². The normalized spacial score (nSPS) is 12.1. The molecule has 0 heterocycles. The second kappa shape index (κ2) is 17.1. The highest BCUT2D eigenvalue weighted by Crippen LogP contribution is 2.09. The van der Waals surface area contributed by atoms with Crippen molar-refractivity contribution >= 4 is 5.97 Å². The molecular formula is C20H34O3. The number of hydrogen-bond acceptors (Lipinski definition) is 2. The Morgan fingerprint density at radius 3 is 2.30 bits per heavy atom. The van der Waals surface area contributed by atoms with E-state index in [1.807, 2.05) is 0 Å².